The molecule has 1 aromatic carbocycles. The SMILES string of the molecule is Nc1ccc(C2CC(C3=CCC(N)C=C3)C2)cc1. The molecular formula is C16H20N2. The van der Waals surface area contributed by atoms with Gasteiger partial charge in [0.05, 0.1) is 0 Å². The van der Waals surface area contributed by atoms with Crippen molar-refractivity contribution in [3.8, 4) is 0 Å². The molecule has 18 heavy (non-hydrogen) atoms. The summed E-state index contributed by atoms with van der Waals surface area (Å²) in [5, 5.41) is 0. The van der Waals surface area contributed by atoms with Crippen LogP contribution in [0.2, 0.25) is 0 Å². The highest BCUT2D eigenvalue weighted by molar-refractivity contribution is 5.41. The molecule has 1 unspecified atom stereocenters. The maximum absolute atomic E-state index is 5.85. The molecule has 1 aromatic rings. The van der Waals surface area contributed by atoms with Crippen LogP contribution in [0.25, 0.3) is 0 Å². The minimum absolute atomic E-state index is 0.224. The predicted molar refractivity (Wildman–Crippen MR) is 76.1 cm³/mol. The molecule has 3 rings (SSSR count). The van der Waals surface area contributed by atoms with Crippen molar-refractivity contribution in [1.29, 1.82) is 0 Å². The fourth-order valence-electron chi connectivity index (χ4n) is 2.89. The van der Waals surface area contributed by atoms with Gasteiger partial charge in [0.15, 0.2) is 0 Å². The van der Waals surface area contributed by atoms with Crippen LogP contribution in [-0.2, 0) is 0 Å². The number of benzene rings is 1. The number of rotatable bonds is 2. The molecule has 1 saturated carbocycles. The van der Waals surface area contributed by atoms with E-state index in [0.717, 1.165) is 18.0 Å². The van der Waals surface area contributed by atoms with E-state index >= 15 is 0 Å². The lowest BCUT2D eigenvalue weighted by Crippen LogP contribution is -2.25. The summed E-state index contributed by atoms with van der Waals surface area (Å²) in [6, 6.07) is 8.55. The smallest absolute Gasteiger partial charge is 0.0314 e. The van der Waals surface area contributed by atoms with Crippen molar-refractivity contribution in [1.82, 2.24) is 0 Å². The van der Waals surface area contributed by atoms with E-state index in [1.165, 1.54) is 24.0 Å². The minimum Gasteiger partial charge on any atom is -0.399 e. The zero-order valence-corrected chi connectivity index (χ0v) is 10.5. The molecule has 2 heteroatoms. The number of hydrogen-bond acceptors (Lipinski definition) is 2. The summed E-state index contributed by atoms with van der Waals surface area (Å²) < 4.78 is 0. The zero-order valence-electron chi connectivity index (χ0n) is 10.5. The van der Waals surface area contributed by atoms with Crippen molar-refractivity contribution < 1.29 is 0 Å². The lowest BCUT2D eigenvalue weighted by atomic mass is 9.67. The predicted octanol–water partition coefficient (Wildman–Crippen LogP) is 2.98. The largest absolute Gasteiger partial charge is 0.399 e. The average molecular weight is 240 g/mol. The van der Waals surface area contributed by atoms with Crippen molar-refractivity contribution in [2.24, 2.45) is 11.7 Å². The molecule has 0 bridgehead atoms. The van der Waals surface area contributed by atoms with Crippen LogP contribution in [0.15, 0.2) is 48.1 Å². The Balaban J connectivity index is 1.60. The topological polar surface area (TPSA) is 52.0 Å². The van der Waals surface area contributed by atoms with Gasteiger partial charge >= 0.3 is 0 Å². The fraction of sp³-hybridized carbons (Fsp3) is 0.375. The van der Waals surface area contributed by atoms with Gasteiger partial charge in [-0.15, -0.1) is 0 Å². The highest BCUT2D eigenvalue weighted by atomic mass is 14.6. The second-order valence-corrected chi connectivity index (χ2v) is 5.49. The van der Waals surface area contributed by atoms with E-state index in [0.29, 0.717) is 5.92 Å². The first kappa shape index (κ1) is 11.5. The zero-order chi connectivity index (χ0) is 12.5. The number of nitrogen functional groups attached to an aromatic ring is 1. The number of allylic oxidation sites excluding steroid dienone is 2. The van der Waals surface area contributed by atoms with Gasteiger partial charge in [-0.2, -0.15) is 0 Å². The lowest BCUT2D eigenvalue weighted by molar-refractivity contribution is 0.310. The van der Waals surface area contributed by atoms with Gasteiger partial charge in [-0.3, -0.25) is 0 Å². The second-order valence-electron chi connectivity index (χ2n) is 5.49. The van der Waals surface area contributed by atoms with Crippen LogP contribution in [0.1, 0.15) is 30.7 Å². The molecule has 2 aliphatic carbocycles. The number of nitrogens with two attached hydrogens (primary N) is 2. The molecule has 94 valence electrons. The first-order valence-corrected chi connectivity index (χ1v) is 6.71. The van der Waals surface area contributed by atoms with Crippen molar-refractivity contribution in [2.75, 3.05) is 5.73 Å². The summed E-state index contributed by atoms with van der Waals surface area (Å²) in [4.78, 5) is 0. The van der Waals surface area contributed by atoms with Gasteiger partial charge in [-0.1, -0.05) is 30.4 Å². The van der Waals surface area contributed by atoms with E-state index in [1.807, 2.05) is 12.1 Å². The third-order valence-corrected chi connectivity index (χ3v) is 4.18. The Morgan fingerprint density at radius 1 is 1.00 bits per heavy atom. The van der Waals surface area contributed by atoms with Crippen LogP contribution in [0.3, 0.4) is 0 Å². The Labute approximate surface area is 108 Å². The van der Waals surface area contributed by atoms with Crippen molar-refractivity contribution in [3.63, 3.8) is 0 Å². The third-order valence-electron chi connectivity index (χ3n) is 4.18. The van der Waals surface area contributed by atoms with Crippen LogP contribution in [-0.4, -0.2) is 6.04 Å². The maximum atomic E-state index is 5.85. The summed E-state index contributed by atoms with van der Waals surface area (Å²) in [6.45, 7) is 0. The molecule has 2 nitrogen and oxygen atoms in total. The molecule has 4 N–H and O–H groups in total. The van der Waals surface area contributed by atoms with Crippen LogP contribution >= 0.6 is 0 Å². The Morgan fingerprint density at radius 3 is 2.33 bits per heavy atom. The standard InChI is InChI=1S/C16H20N2/c17-15-5-1-11(2-6-15)13-9-14(10-13)12-3-7-16(18)8-4-12/h1-7,13-14,16H,8-10,17-18H2. The van der Waals surface area contributed by atoms with Gasteiger partial charge in [0.25, 0.3) is 0 Å². The van der Waals surface area contributed by atoms with Gasteiger partial charge in [0.2, 0.25) is 0 Å². The van der Waals surface area contributed by atoms with Crippen molar-refractivity contribution >= 4 is 5.69 Å². The summed E-state index contributed by atoms with van der Waals surface area (Å²) >= 11 is 0. The van der Waals surface area contributed by atoms with E-state index in [4.69, 9.17) is 11.5 Å². The van der Waals surface area contributed by atoms with Gasteiger partial charge in [0.1, 0.15) is 0 Å². The molecular weight excluding hydrogens is 220 g/mol. The third kappa shape index (κ3) is 2.21. The quantitative estimate of drug-likeness (QED) is 0.781. The Morgan fingerprint density at radius 2 is 1.72 bits per heavy atom. The normalized spacial score (nSPS) is 30.7. The van der Waals surface area contributed by atoms with E-state index in [9.17, 15) is 0 Å². The number of hydrogen-bond donors (Lipinski definition) is 2. The first-order chi connectivity index (χ1) is 8.72. The summed E-state index contributed by atoms with van der Waals surface area (Å²) in [5.41, 5.74) is 15.3. The lowest BCUT2D eigenvalue weighted by Gasteiger charge is -2.37. The molecule has 0 amide bonds. The van der Waals surface area contributed by atoms with Gasteiger partial charge in [-0.05, 0) is 54.4 Å². The van der Waals surface area contributed by atoms with E-state index in [-0.39, 0.29) is 6.04 Å². The highest BCUT2D eigenvalue weighted by Gasteiger charge is 2.32. The maximum Gasteiger partial charge on any atom is 0.0314 e. The molecule has 0 radical (unpaired) electrons. The monoisotopic (exact) mass is 240 g/mol. The average Bonchev–Trinajstić information content (AvgIpc) is 2.32. The molecule has 0 aliphatic heterocycles. The van der Waals surface area contributed by atoms with Crippen LogP contribution in [0.5, 0.6) is 0 Å². The van der Waals surface area contributed by atoms with E-state index < -0.39 is 0 Å². The second kappa shape index (κ2) is 4.62. The highest BCUT2D eigenvalue weighted by Crippen LogP contribution is 2.46. The fourth-order valence-corrected chi connectivity index (χ4v) is 2.89. The first-order valence-electron chi connectivity index (χ1n) is 6.71. The summed E-state index contributed by atoms with van der Waals surface area (Å²) in [6.07, 6.45) is 10.2. The van der Waals surface area contributed by atoms with Crippen LogP contribution < -0.4 is 11.5 Å². The van der Waals surface area contributed by atoms with Gasteiger partial charge in [-0.25, -0.2) is 0 Å². The molecule has 1 atom stereocenters. The number of anilines is 1. The Bertz CT molecular complexity index is 478. The molecule has 0 aromatic heterocycles. The molecule has 0 spiro atoms. The molecule has 2 aliphatic rings. The van der Waals surface area contributed by atoms with Crippen molar-refractivity contribution in [3.05, 3.63) is 53.6 Å². The Hall–Kier alpha value is -1.54. The van der Waals surface area contributed by atoms with Gasteiger partial charge < -0.3 is 11.5 Å². The summed E-state index contributed by atoms with van der Waals surface area (Å²) in [5.74, 6) is 1.44. The minimum atomic E-state index is 0.224. The van der Waals surface area contributed by atoms with Gasteiger partial charge in [0, 0.05) is 11.7 Å². The van der Waals surface area contributed by atoms with Crippen molar-refractivity contribution in [2.45, 2.75) is 31.2 Å². The molecule has 0 heterocycles. The van der Waals surface area contributed by atoms with Crippen LogP contribution in [0, 0.1) is 5.92 Å². The van der Waals surface area contributed by atoms with E-state index in [2.05, 4.69) is 30.4 Å². The molecule has 1 fully saturated rings. The van der Waals surface area contributed by atoms with E-state index in [1.54, 1.807) is 0 Å². The van der Waals surface area contributed by atoms with Crippen LogP contribution in [0.4, 0.5) is 5.69 Å². The molecule has 0 saturated heterocycles. The summed E-state index contributed by atoms with van der Waals surface area (Å²) in [7, 11) is 0. The Kier molecular flexibility index (Phi) is 2.96.